The van der Waals surface area contributed by atoms with E-state index in [1.807, 2.05) is 50.2 Å². The molecule has 1 aromatic heterocycles. The normalized spacial score (nSPS) is 21.1. The highest BCUT2D eigenvalue weighted by atomic mass is 32.2. The molecule has 0 radical (unpaired) electrons. The van der Waals surface area contributed by atoms with Crippen molar-refractivity contribution in [2.75, 3.05) is 23.1 Å². The summed E-state index contributed by atoms with van der Waals surface area (Å²) in [5.74, 6) is 1.17. The predicted octanol–water partition coefficient (Wildman–Crippen LogP) is 3.72. The standard InChI is InChI=1S/C23H25N3O4S2/c1-14(18-12-22(27)24-13-18)30-21-11-17(10-20-23(21)31-15(2)25-20)16-4-6-19(7-5-16)26-8-3-9-32(26,28)29/h4-7,10-11,14,18H,3,8-9,12-13H2,1-2H3,(H,24,27)/t14?,18-/m1/s1. The van der Waals surface area contributed by atoms with Crippen LogP contribution in [0.1, 0.15) is 24.8 Å². The van der Waals surface area contributed by atoms with Crippen molar-refractivity contribution in [1.82, 2.24) is 10.3 Å². The summed E-state index contributed by atoms with van der Waals surface area (Å²) < 4.78 is 33.3. The molecule has 3 heterocycles. The van der Waals surface area contributed by atoms with Gasteiger partial charge >= 0.3 is 0 Å². The molecule has 2 aromatic carbocycles. The Hall–Kier alpha value is -2.65. The zero-order valence-electron chi connectivity index (χ0n) is 18.0. The number of sulfonamides is 1. The van der Waals surface area contributed by atoms with E-state index >= 15 is 0 Å². The van der Waals surface area contributed by atoms with Crippen molar-refractivity contribution >= 4 is 43.2 Å². The first-order chi connectivity index (χ1) is 15.3. The van der Waals surface area contributed by atoms with Gasteiger partial charge in [-0.25, -0.2) is 13.4 Å². The van der Waals surface area contributed by atoms with Gasteiger partial charge in [-0.15, -0.1) is 11.3 Å². The summed E-state index contributed by atoms with van der Waals surface area (Å²) >= 11 is 1.59. The van der Waals surface area contributed by atoms with Gasteiger partial charge in [0.1, 0.15) is 11.9 Å². The maximum atomic E-state index is 12.2. The van der Waals surface area contributed by atoms with Gasteiger partial charge in [0, 0.05) is 25.4 Å². The minimum Gasteiger partial charge on any atom is -0.489 e. The van der Waals surface area contributed by atoms with E-state index in [0.29, 0.717) is 31.6 Å². The van der Waals surface area contributed by atoms with Crippen LogP contribution < -0.4 is 14.4 Å². The van der Waals surface area contributed by atoms with Crippen molar-refractivity contribution < 1.29 is 17.9 Å². The third-order valence-corrected chi connectivity index (χ3v) is 9.01. The van der Waals surface area contributed by atoms with Crippen molar-refractivity contribution in [3.05, 3.63) is 41.4 Å². The highest BCUT2D eigenvalue weighted by Crippen LogP contribution is 2.38. The zero-order chi connectivity index (χ0) is 22.5. The van der Waals surface area contributed by atoms with E-state index < -0.39 is 10.0 Å². The second-order valence-corrected chi connectivity index (χ2v) is 11.7. The number of amides is 1. The molecule has 9 heteroatoms. The molecular weight excluding hydrogens is 446 g/mol. The van der Waals surface area contributed by atoms with Crippen molar-refractivity contribution in [2.45, 2.75) is 32.8 Å². The average Bonchev–Trinajstić information content (AvgIpc) is 3.45. The molecule has 5 rings (SSSR count). The molecule has 1 amide bonds. The van der Waals surface area contributed by atoms with E-state index in [1.165, 1.54) is 4.31 Å². The topological polar surface area (TPSA) is 88.6 Å². The summed E-state index contributed by atoms with van der Waals surface area (Å²) in [7, 11) is -3.20. The Morgan fingerprint density at radius 2 is 2.00 bits per heavy atom. The minimum atomic E-state index is -3.20. The van der Waals surface area contributed by atoms with E-state index in [2.05, 4.69) is 10.3 Å². The molecule has 0 aliphatic carbocycles. The van der Waals surface area contributed by atoms with Crippen molar-refractivity contribution in [2.24, 2.45) is 5.92 Å². The molecule has 168 valence electrons. The van der Waals surface area contributed by atoms with Gasteiger partial charge in [-0.05, 0) is 55.7 Å². The average molecular weight is 472 g/mol. The molecule has 2 fully saturated rings. The maximum Gasteiger partial charge on any atom is 0.235 e. The van der Waals surface area contributed by atoms with E-state index in [0.717, 1.165) is 32.1 Å². The fraction of sp³-hybridized carbons (Fsp3) is 0.391. The first kappa shape index (κ1) is 21.2. The van der Waals surface area contributed by atoms with Crippen LogP contribution in [0.5, 0.6) is 5.75 Å². The SMILES string of the molecule is Cc1nc2cc(-c3ccc(N4CCCS4(=O)=O)cc3)cc(OC(C)[C@H]3CNC(=O)C3)c2s1. The van der Waals surface area contributed by atoms with Crippen molar-refractivity contribution in [1.29, 1.82) is 0 Å². The highest BCUT2D eigenvalue weighted by molar-refractivity contribution is 7.93. The Kier molecular flexibility index (Phi) is 5.33. The number of thiazole rings is 1. The quantitative estimate of drug-likeness (QED) is 0.613. The lowest BCUT2D eigenvalue weighted by atomic mass is 10.0. The van der Waals surface area contributed by atoms with Crippen molar-refractivity contribution in [3.63, 3.8) is 0 Å². The van der Waals surface area contributed by atoms with Gasteiger partial charge in [-0.3, -0.25) is 9.10 Å². The first-order valence-corrected chi connectivity index (χ1v) is 13.2. The van der Waals surface area contributed by atoms with Gasteiger partial charge in [-0.2, -0.15) is 0 Å². The van der Waals surface area contributed by atoms with Crippen LogP contribution in [-0.4, -0.2) is 44.3 Å². The number of carbonyl (C=O) groups is 1. The Bertz CT molecular complexity index is 1280. The number of nitrogens with zero attached hydrogens (tertiary/aromatic N) is 2. The molecule has 0 bridgehead atoms. The highest BCUT2D eigenvalue weighted by Gasteiger charge is 2.29. The van der Waals surface area contributed by atoms with E-state index in [9.17, 15) is 13.2 Å². The zero-order valence-corrected chi connectivity index (χ0v) is 19.6. The van der Waals surface area contributed by atoms with E-state index in [4.69, 9.17) is 4.74 Å². The van der Waals surface area contributed by atoms with Gasteiger partial charge < -0.3 is 10.1 Å². The number of fused-ring (bicyclic) bond motifs is 1. The lowest BCUT2D eigenvalue weighted by Gasteiger charge is -2.20. The fourth-order valence-electron chi connectivity index (χ4n) is 4.37. The molecule has 32 heavy (non-hydrogen) atoms. The van der Waals surface area contributed by atoms with Crippen LogP contribution in [0.25, 0.3) is 21.3 Å². The number of rotatable bonds is 5. The van der Waals surface area contributed by atoms with Gasteiger partial charge in [0.15, 0.2) is 0 Å². The van der Waals surface area contributed by atoms with Crippen LogP contribution in [0.3, 0.4) is 0 Å². The van der Waals surface area contributed by atoms with Crippen LogP contribution in [-0.2, 0) is 14.8 Å². The molecule has 1 N–H and O–H groups in total. The maximum absolute atomic E-state index is 12.2. The first-order valence-electron chi connectivity index (χ1n) is 10.8. The lowest BCUT2D eigenvalue weighted by molar-refractivity contribution is -0.119. The van der Waals surface area contributed by atoms with E-state index in [-0.39, 0.29) is 23.7 Å². The fourth-order valence-corrected chi connectivity index (χ4v) is 6.79. The minimum absolute atomic E-state index is 0.0677. The number of hydrogen-bond donors (Lipinski definition) is 1. The van der Waals surface area contributed by atoms with Gasteiger partial charge in [0.25, 0.3) is 0 Å². The second kappa shape index (κ2) is 8.04. The molecule has 2 aliphatic heterocycles. The number of benzene rings is 2. The predicted molar refractivity (Wildman–Crippen MR) is 127 cm³/mol. The smallest absolute Gasteiger partial charge is 0.235 e. The molecule has 3 aromatic rings. The second-order valence-electron chi connectivity index (χ2n) is 8.44. The van der Waals surface area contributed by atoms with Gasteiger partial charge in [-0.1, -0.05) is 12.1 Å². The Morgan fingerprint density at radius 3 is 2.66 bits per heavy atom. The summed E-state index contributed by atoms with van der Waals surface area (Å²) in [6.45, 7) is 5.14. The third kappa shape index (κ3) is 3.95. The van der Waals surface area contributed by atoms with Crippen LogP contribution >= 0.6 is 11.3 Å². The Labute approximate surface area is 191 Å². The molecule has 2 saturated heterocycles. The number of aryl methyl sites for hydroxylation is 1. The molecular formula is C23H25N3O4S2. The summed E-state index contributed by atoms with van der Waals surface area (Å²) in [6, 6.07) is 11.6. The Balaban J connectivity index is 1.47. The van der Waals surface area contributed by atoms with Gasteiger partial charge in [0.2, 0.25) is 15.9 Å². The number of hydrogen-bond acceptors (Lipinski definition) is 6. The molecule has 1 unspecified atom stereocenters. The van der Waals surface area contributed by atoms with Gasteiger partial charge in [0.05, 0.1) is 26.7 Å². The number of carbonyl (C=O) groups excluding carboxylic acids is 1. The van der Waals surface area contributed by atoms with Crippen LogP contribution in [0.2, 0.25) is 0 Å². The summed E-state index contributed by atoms with van der Waals surface area (Å²) in [6.07, 6.45) is 1.02. The molecule has 0 saturated carbocycles. The van der Waals surface area contributed by atoms with Crippen LogP contribution in [0.15, 0.2) is 36.4 Å². The summed E-state index contributed by atoms with van der Waals surface area (Å²) in [5.41, 5.74) is 3.49. The number of ether oxygens (including phenoxy) is 1. The number of anilines is 1. The third-order valence-electron chi connectivity index (χ3n) is 6.14. The molecule has 2 atom stereocenters. The molecule has 7 nitrogen and oxygen atoms in total. The van der Waals surface area contributed by atoms with Crippen LogP contribution in [0, 0.1) is 12.8 Å². The molecule has 0 spiro atoms. The largest absolute Gasteiger partial charge is 0.489 e. The summed E-state index contributed by atoms with van der Waals surface area (Å²) in [4.78, 5) is 16.3. The van der Waals surface area contributed by atoms with E-state index in [1.54, 1.807) is 11.3 Å². The lowest BCUT2D eigenvalue weighted by Crippen LogP contribution is -2.25. The Morgan fingerprint density at radius 1 is 1.22 bits per heavy atom. The summed E-state index contributed by atoms with van der Waals surface area (Å²) in [5, 5.41) is 3.83. The number of nitrogens with one attached hydrogen (secondary N) is 1. The number of aromatic nitrogens is 1. The molecule has 2 aliphatic rings. The van der Waals surface area contributed by atoms with Crippen molar-refractivity contribution in [3.8, 4) is 16.9 Å². The monoisotopic (exact) mass is 471 g/mol. The van der Waals surface area contributed by atoms with Crippen LogP contribution in [0.4, 0.5) is 5.69 Å².